The summed E-state index contributed by atoms with van der Waals surface area (Å²) < 4.78 is 0. The molecule has 0 aliphatic carbocycles. The van der Waals surface area contributed by atoms with Crippen molar-refractivity contribution in [2.45, 2.75) is 67.3 Å². The molecule has 0 aromatic rings. The van der Waals surface area contributed by atoms with Crippen LogP contribution in [0.3, 0.4) is 0 Å². The van der Waals surface area contributed by atoms with Gasteiger partial charge in [-0.1, -0.05) is 34.6 Å². The minimum absolute atomic E-state index is 0.307. The molecule has 0 amide bonds. The van der Waals surface area contributed by atoms with Gasteiger partial charge in [0.1, 0.15) is 0 Å². The van der Waals surface area contributed by atoms with E-state index in [9.17, 15) is 0 Å². The van der Waals surface area contributed by atoms with Crippen molar-refractivity contribution in [3.63, 3.8) is 0 Å². The van der Waals surface area contributed by atoms with Crippen LogP contribution in [0.25, 0.3) is 0 Å². The normalized spacial score (nSPS) is 28.1. The molecular weight excluding hydrogens is 194 g/mol. The van der Waals surface area contributed by atoms with Crippen molar-refractivity contribution in [3.05, 3.63) is 0 Å². The fourth-order valence-electron chi connectivity index (χ4n) is 2.73. The molecule has 0 radical (unpaired) electrons. The van der Waals surface area contributed by atoms with Gasteiger partial charge in [0.2, 0.25) is 0 Å². The van der Waals surface area contributed by atoms with Crippen LogP contribution in [-0.2, 0) is 0 Å². The summed E-state index contributed by atoms with van der Waals surface area (Å²) in [4.78, 5) is 2.67. The minimum Gasteiger partial charge on any atom is -0.298 e. The van der Waals surface area contributed by atoms with Gasteiger partial charge in [0.25, 0.3) is 0 Å². The van der Waals surface area contributed by atoms with Gasteiger partial charge in [-0.3, -0.25) is 4.90 Å². The summed E-state index contributed by atoms with van der Waals surface area (Å²) in [6.45, 7) is 21.5. The Hall–Kier alpha value is -0.0400. The van der Waals surface area contributed by atoms with Crippen LogP contribution in [0, 0.1) is 16.7 Å². The fourth-order valence-corrected chi connectivity index (χ4v) is 2.73. The summed E-state index contributed by atoms with van der Waals surface area (Å²) in [5, 5.41) is 0. The van der Waals surface area contributed by atoms with Gasteiger partial charge in [-0.25, -0.2) is 0 Å². The van der Waals surface area contributed by atoms with Gasteiger partial charge in [-0.05, 0) is 43.9 Å². The van der Waals surface area contributed by atoms with Crippen LogP contribution < -0.4 is 0 Å². The number of nitrogens with zero attached hydrogens (tertiary/aromatic N) is 1. The first-order chi connectivity index (χ1) is 6.92. The van der Waals surface area contributed by atoms with Crippen molar-refractivity contribution in [2.24, 2.45) is 16.7 Å². The quantitative estimate of drug-likeness (QED) is 0.598. The Bertz CT molecular complexity index is 215. The Morgan fingerprint density at radius 3 is 1.88 bits per heavy atom. The van der Waals surface area contributed by atoms with E-state index in [1.807, 2.05) is 0 Å². The molecule has 1 aliphatic rings. The zero-order valence-electron chi connectivity index (χ0n) is 12.6. The van der Waals surface area contributed by atoms with Crippen molar-refractivity contribution < 1.29 is 0 Å². The molecule has 1 rings (SSSR count). The first kappa shape index (κ1) is 14.0. The van der Waals surface area contributed by atoms with Crippen LogP contribution in [0.2, 0.25) is 0 Å². The van der Waals surface area contributed by atoms with Gasteiger partial charge in [0, 0.05) is 18.6 Å². The van der Waals surface area contributed by atoms with Gasteiger partial charge in [0.05, 0.1) is 0 Å². The van der Waals surface area contributed by atoms with Crippen LogP contribution in [-0.4, -0.2) is 23.5 Å². The molecule has 0 aromatic carbocycles. The second-order valence-corrected chi connectivity index (χ2v) is 8.48. The second kappa shape index (κ2) is 4.01. The van der Waals surface area contributed by atoms with E-state index in [4.69, 9.17) is 0 Å². The predicted molar refractivity (Wildman–Crippen MR) is 72.7 cm³/mol. The Morgan fingerprint density at radius 1 is 1.00 bits per heavy atom. The standard InChI is InChI=1S/C15H31N/c1-13(2,3)12-9-15(7,8)11-16(10-12)14(4,5)6/h12H,9-11H2,1-8H3. The molecule has 0 saturated carbocycles. The molecule has 1 nitrogen and oxygen atoms in total. The van der Waals surface area contributed by atoms with E-state index < -0.39 is 0 Å². The number of hydrogen-bond acceptors (Lipinski definition) is 1. The predicted octanol–water partition coefficient (Wildman–Crippen LogP) is 4.18. The van der Waals surface area contributed by atoms with Crippen molar-refractivity contribution in [1.29, 1.82) is 0 Å². The molecule has 1 heterocycles. The van der Waals surface area contributed by atoms with Crippen LogP contribution in [0.1, 0.15) is 61.8 Å². The number of hydrogen-bond donors (Lipinski definition) is 0. The average molecular weight is 225 g/mol. The first-order valence-corrected chi connectivity index (χ1v) is 6.67. The highest BCUT2D eigenvalue weighted by Crippen LogP contribution is 2.42. The van der Waals surface area contributed by atoms with Crippen LogP contribution in [0.5, 0.6) is 0 Å². The molecule has 1 aliphatic heterocycles. The lowest BCUT2D eigenvalue weighted by Gasteiger charge is -2.51. The smallest absolute Gasteiger partial charge is 0.0125 e. The van der Waals surface area contributed by atoms with Crippen molar-refractivity contribution in [2.75, 3.05) is 13.1 Å². The summed E-state index contributed by atoms with van der Waals surface area (Å²) in [6.07, 6.45) is 1.36. The van der Waals surface area contributed by atoms with Crippen LogP contribution in [0.4, 0.5) is 0 Å². The van der Waals surface area contributed by atoms with Crippen molar-refractivity contribution in [1.82, 2.24) is 4.90 Å². The molecule has 0 N–H and O–H groups in total. The maximum absolute atomic E-state index is 2.67. The summed E-state index contributed by atoms with van der Waals surface area (Å²) in [5.41, 5.74) is 1.20. The average Bonchev–Trinajstić information content (AvgIpc) is 1.97. The minimum atomic E-state index is 0.307. The molecule has 1 fully saturated rings. The summed E-state index contributed by atoms with van der Waals surface area (Å²) in [7, 11) is 0. The third-order valence-corrected chi connectivity index (χ3v) is 4.03. The van der Waals surface area contributed by atoms with Gasteiger partial charge in [-0.15, -0.1) is 0 Å². The largest absolute Gasteiger partial charge is 0.298 e. The first-order valence-electron chi connectivity index (χ1n) is 6.67. The lowest BCUT2D eigenvalue weighted by molar-refractivity contribution is -0.0220. The number of piperidine rings is 1. The Morgan fingerprint density at radius 2 is 1.50 bits per heavy atom. The van der Waals surface area contributed by atoms with E-state index in [1.54, 1.807) is 0 Å². The summed E-state index contributed by atoms with van der Waals surface area (Å²) in [6, 6.07) is 0. The topological polar surface area (TPSA) is 3.24 Å². The number of likely N-dealkylation sites (tertiary alicyclic amines) is 1. The van der Waals surface area contributed by atoms with E-state index >= 15 is 0 Å². The SMILES string of the molecule is CC1(C)CC(C(C)(C)C)CN(C(C)(C)C)C1. The number of rotatable bonds is 0. The molecule has 0 bridgehead atoms. The molecule has 96 valence electrons. The highest BCUT2D eigenvalue weighted by Gasteiger charge is 2.40. The van der Waals surface area contributed by atoms with E-state index in [2.05, 4.69) is 60.3 Å². The summed E-state index contributed by atoms with van der Waals surface area (Å²) in [5.74, 6) is 0.815. The molecule has 16 heavy (non-hydrogen) atoms. The third-order valence-electron chi connectivity index (χ3n) is 4.03. The van der Waals surface area contributed by atoms with E-state index in [0.29, 0.717) is 16.4 Å². The lowest BCUT2D eigenvalue weighted by atomic mass is 9.68. The van der Waals surface area contributed by atoms with Crippen LogP contribution in [0.15, 0.2) is 0 Å². The van der Waals surface area contributed by atoms with E-state index in [1.165, 1.54) is 19.5 Å². The van der Waals surface area contributed by atoms with Crippen molar-refractivity contribution >= 4 is 0 Å². The van der Waals surface area contributed by atoms with E-state index in [0.717, 1.165) is 5.92 Å². The maximum Gasteiger partial charge on any atom is 0.0125 e. The van der Waals surface area contributed by atoms with Gasteiger partial charge >= 0.3 is 0 Å². The lowest BCUT2D eigenvalue weighted by Crippen LogP contribution is -2.54. The third kappa shape index (κ3) is 3.48. The fraction of sp³-hybridized carbons (Fsp3) is 1.00. The Kier molecular flexibility index (Phi) is 3.52. The van der Waals surface area contributed by atoms with Gasteiger partial charge in [0.15, 0.2) is 0 Å². The monoisotopic (exact) mass is 225 g/mol. The highest BCUT2D eigenvalue weighted by atomic mass is 15.2. The zero-order valence-corrected chi connectivity index (χ0v) is 12.6. The maximum atomic E-state index is 2.67. The Labute approximate surface area is 103 Å². The van der Waals surface area contributed by atoms with Crippen LogP contribution >= 0.6 is 0 Å². The van der Waals surface area contributed by atoms with Crippen molar-refractivity contribution in [3.8, 4) is 0 Å². The molecular formula is C15H31N. The molecule has 0 spiro atoms. The van der Waals surface area contributed by atoms with Gasteiger partial charge in [-0.2, -0.15) is 0 Å². The molecule has 1 saturated heterocycles. The molecule has 0 aromatic heterocycles. The Balaban J connectivity index is 2.86. The second-order valence-electron chi connectivity index (χ2n) is 8.48. The highest BCUT2D eigenvalue weighted by molar-refractivity contribution is 4.93. The van der Waals surface area contributed by atoms with E-state index in [-0.39, 0.29) is 0 Å². The molecule has 1 unspecified atom stereocenters. The molecule has 1 heteroatoms. The zero-order chi connectivity index (χ0) is 12.8. The molecule has 1 atom stereocenters. The van der Waals surface area contributed by atoms with Gasteiger partial charge < -0.3 is 0 Å². The summed E-state index contributed by atoms with van der Waals surface area (Å²) >= 11 is 0.